The van der Waals surface area contributed by atoms with Gasteiger partial charge in [0, 0.05) is 22.4 Å². The standard InChI is InChI=1S/C19H21IN2O3/c20-15-6-8-16(9-7-15)24-13-18(23)21-11-14-5-10-19(22-12-14)25-17-3-1-2-4-17/h5-10,12,17H,1-4,11,13H2,(H,21,23). The van der Waals surface area contributed by atoms with Crippen LogP contribution in [0.1, 0.15) is 31.2 Å². The first-order chi connectivity index (χ1) is 12.2. The van der Waals surface area contributed by atoms with Gasteiger partial charge in [0.2, 0.25) is 5.88 Å². The largest absolute Gasteiger partial charge is 0.484 e. The number of pyridine rings is 1. The van der Waals surface area contributed by atoms with Crippen molar-refractivity contribution in [1.82, 2.24) is 10.3 Å². The maximum Gasteiger partial charge on any atom is 0.258 e. The van der Waals surface area contributed by atoms with Gasteiger partial charge < -0.3 is 14.8 Å². The number of amides is 1. The second kappa shape index (κ2) is 9.03. The Morgan fingerprint density at radius 3 is 2.60 bits per heavy atom. The summed E-state index contributed by atoms with van der Waals surface area (Å²) in [5.41, 5.74) is 0.932. The summed E-state index contributed by atoms with van der Waals surface area (Å²) in [4.78, 5) is 16.2. The molecular formula is C19H21IN2O3. The number of hydrogen-bond acceptors (Lipinski definition) is 4. The molecule has 0 saturated heterocycles. The minimum Gasteiger partial charge on any atom is -0.484 e. The fraction of sp³-hybridized carbons (Fsp3) is 0.368. The summed E-state index contributed by atoms with van der Waals surface area (Å²) < 4.78 is 12.4. The van der Waals surface area contributed by atoms with E-state index in [0.717, 1.165) is 22.0 Å². The molecule has 0 unspecified atom stereocenters. The molecule has 1 aromatic carbocycles. The van der Waals surface area contributed by atoms with Crippen molar-refractivity contribution in [2.24, 2.45) is 0 Å². The van der Waals surface area contributed by atoms with Crippen LogP contribution in [-0.4, -0.2) is 23.6 Å². The number of carbonyl (C=O) groups excluding carboxylic acids is 1. The zero-order chi connectivity index (χ0) is 17.5. The van der Waals surface area contributed by atoms with Crippen molar-refractivity contribution in [2.75, 3.05) is 6.61 Å². The third-order valence-corrected chi connectivity index (χ3v) is 4.78. The third kappa shape index (κ3) is 5.88. The molecule has 6 heteroatoms. The summed E-state index contributed by atoms with van der Waals surface area (Å²) in [5, 5.41) is 2.83. The van der Waals surface area contributed by atoms with Crippen LogP contribution in [0, 0.1) is 3.57 Å². The van der Waals surface area contributed by atoms with Crippen LogP contribution in [-0.2, 0) is 11.3 Å². The lowest BCUT2D eigenvalue weighted by Gasteiger charge is -2.12. The van der Waals surface area contributed by atoms with E-state index in [0.29, 0.717) is 24.3 Å². The normalized spacial score (nSPS) is 14.3. The molecular weight excluding hydrogens is 431 g/mol. The van der Waals surface area contributed by atoms with Gasteiger partial charge in [0.05, 0.1) is 0 Å². The number of ether oxygens (including phenoxy) is 2. The van der Waals surface area contributed by atoms with E-state index >= 15 is 0 Å². The molecule has 1 heterocycles. The number of nitrogens with zero attached hydrogens (tertiary/aromatic N) is 1. The van der Waals surface area contributed by atoms with Crippen LogP contribution in [0.15, 0.2) is 42.6 Å². The van der Waals surface area contributed by atoms with Crippen LogP contribution in [0.2, 0.25) is 0 Å². The Morgan fingerprint density at radius 1 is 1.16 bits per heavy atom. The van der Waals surface area contributed by atoms with Crippen molar-refractivity contribution >= 4 is 28.5 Å². The number of rotatable bonds is 7. The van der Waals surface area contributed by atoms with Crippen molar-refractivity contribution in [3.8, 4) is 11.6 Å². The first-order valence-corrected chi connectivity index (χ1v) is 9.53. The highest BCUT2D eigenvalue weighted by Gasteiger charge is 2.16. The molecule has 3 rings (SSSR count). The lowest BCUT2D eigenvalue weighted by Crippen LogP contribution is -2.28. The Balaban J connectivity index is 1.39. The zero-order valence-electron chi connectivity index (χ0n) is 13.9. The molecule has 132 valence electrons. The molecule has 0 aliphatic heterocycles. The van der Waals surface area contributed by atoms with Gasteiger partial charge >= 0.3 is 0 Å². The van der Waals surface area contributed by atoms with E-state index in [1.165, 1.54) is 12.8 Å². The van der Waals surface area contributed by atoms with Crippen molar-refractivity contribution < 1.29 is 14.3 Å². The third-order valence-electron chi connectivity index (χ3n) is 4.06. The molecule has 0 atom stereocenters. The van der Waals surface area contributed by atoms with Crippen LogP contribution in [0.25, 0.3) is 0 Å². The quantitative estimate of drug-likeness (QED) is 0.651. The summed E-state index contributed by atoms with van der Waals surface area (Å²) in [6.07, 6.45) is 6.74. The Hall–Kier alpha value is -1.83. The number of nitrogens with one attached hydrogen (secondary N) is 1. The second-order valence-electron chi connectivity index (χ2n) is 6.05. The van der Waals surface area contributed by atoms with E-state index in [9.17, 15) is 4.79 Å². The number of halogens is 1. The molecule has 1 aliphatic carbocycles. The molecule has 1 saturated carbocycles. The average Bonchev–Trinajstić information content (AvgIpc) is 3.14. The van der Waals surface area contributed by atoms with E-state index in [4.69, 9.17) is 9.47 Å². The molecule has 5 nitrogen and oxygen atoms in total. The molecule has 1 amide bonds. The highest BCUT2D eigenvalue weighted by atomic mass is 127. The van der Waals surface area contributed by atoms with E-state index in [1.54, 1.807) is 6.20 Å². The van der Waals surface area contributed by atoms with Crippen molar-refractivity contribution in [1.29, 1.82) is 0 Å². The van der Waals surface area contributed by atoms with Gasteiger partial charge in [-0.2, -0.15) is 0 Å². The Labute approximate surface area is 161 Å². The highest BCUT2D eigenvalue weighted by molar-refractivity contribution is 14.1. The van der Waals surface area contributed by atoms with Crippen LogP contribution >= 0.6 is 22.6 Å². The van der Waals surface area contributed by atoms with Crippen LogP contribution in [0.3, 0.4) is 0 Å². The maximum absolute atomic E-state index is 11.9. The van der Waals surface area contributed by atoms with Gasteiger partial charge in [-0.1, -0.05) is 6.07 Å². The van der Waals surface area contributed by atoms with E-state index in [1.807, 2.05) is 36.4 Å². The minimum absolute atomic E-state index is 0.00308. The molecule has 0 spiro atoms. The lowest BCUT2D eigenvalue weighted by atomic mass is 10.3. The van der Waals surface area contributed by atoms with Crippen LogP contribution in [0.4, 0.5) is 0 Å². The molecule has 2 aromatic rings. The van der Waals surface area contributed by atoms with Crippen molar-refractivity contribution in [3.63, 3.8) is 0 Å². The van der Waals surface area contributed by atoms with Gasteiger partial charge in [-0.3, -0.25) is 4.79 Å². The Bertz CT molecular complexity index is 683. The van der Waals surface area contributed by atoms with Gasteiger partial charge in [0.1, 0.15) is 11.9 Å². The maximum atomic E-state index is 11.9. The molecule has 1 aromatic heterocycles. The number of benzene rings is 1. The van der Waals surface area contributed by atoms with Gasteiger partial charge in [0.25, 0.3) is 5.91 Å². The molecule has 1 fully saturated rings. The highest BCUT2D eigenvalue weighted by Crippen LogP contribution is 2.22. The van der Waals surface area contributed by atoms with Crippen molar-refractivity contribution in [2.45, 2.75) is 38.3 Å². The smallest absolute Gasteiger partial charge is 0.258 e. The summed E-state index contributed by atoms with van der Waals surface area (Å²) in [6.45, 7) is 0.419. The summed E-state index contributed by atoms with van der Waals surface area (Å²) >= 11 is 2.22. The number of carbonyl (C=O) groups is 1. The van der Waals surface area contributed by atoms with E-state index < -0.39 is 0 Å². The molecule has 1 N–H and O–H groups in total. The Morgan fingerprint density at radius 2 is 1.92 bits per heavy atom. The molecule has 25 heavy (non-hydrogen) atoms. The fourth-order valence-electron chi connectivity index (χ4n) is 2.69. The Kier molecular flexibility index (Phi) is 6.49. The second-order valence-corrected chi connectivity index (χ2v) is 7.29. The SMILES string of the molecule is O=C(COc1ccc(I)cc1)NCc1ccc(OC2CCCC2)nc1. The fourth-order valence-corrected chi connectivity index (χ4v) is 3.05. The molecule has 1 aliphatic rings. The van der Waals surface area contributed by atoms with Crippen molar-refractivity contribution in [3.05, 3.63) is 51.7 Å². The summed E-state index contributed by atoms with van der Waals surface area (Å²) in [5.74, 6) is 1.18. The van der Waals surface area contributed by atoms with Gasteiger partial charge in [0.15, 0.2) is 6.61 Å². The number of aromatic nitrogens is 1. The number of hydrogen-bond donors (Lipinski definition) is 1. The molecule has 0 bridgehead atoms. The molecule has 0 radical (unpaired) electrons. The average molecular weight is 452 g/mol. The minimum atomic E-state index is -0.162. The topological polar surface area (TPSA) is 60.5 Å². The monoisotopic (exact) mass is 452 g/mol. The first-order valence-electron chi connectivity index (χ1n) is 8.46. The van der Waals surface area contributed by atoms with Gasteiger partial charge in [-0.25, -0.2) is 4.98 Å². The van der Waals surface area contributed by atoms with Crippen LogP contribution in [0.5, 0.6) is 11.6 Å². The summed E-state index contributed by atoms with van der Waals surface area (Å²) in [6, 6.07) is 11.4. The first kappa shape index (κ1) is 18.0. The van der Waals surface area contributed by atoms with Gasteiger partial charge in [-0.05, 0) is 78.1 Å². The van der Waals surface area contributed by atoms with E-state index in [2.05, 4.69) is 32.9 Å². The van der Waals surface area contributed by atoms with E-state index in [-0.39, 0.29) is 12.5 Å². The summed E-state index contributed by atoms with van der Waals surface area (Å²) in [7, 11) is 0. The zero-order valence-corrected chi connectivity index (χ0v) is 16.1. The predicted molar refractivity (Wildman–Crippen MR) is 104 cm³/mol. The predicted octanol–water partition coefficient (Wildman–Crippen LogP) is 3.70. The van der Waals surface area contributed by atoms with Crippen LogP contribution < -0.4 is 14.8 Å². The lowest BCUT2D eigenvalue weighted by molar-refractivity contribution is -0.123. The van der Waals surface area contributed by atoms with Gasteiger partial charge in [-0.15, -0.1) is 0 Å².